The molecule has 0 fully saturated rings. The quantitative estimate of drug-likeness (QED) is 0.404. The number of halogens is 1. The average Bonchev–Trinajstić information content (AvgIpc) is 2.83. The van der Waals surface area contributed by atoms with Crippen LogP contribution in [0.1, 0.15) is 10.4 Å². The van der Waals surface area contributed by atoms with Gasteiger partial charge in [0.05, 0.1) is 19.2 Å². The Bertz CT molecular complexity index is 1120. The maximum Gasteiger partial charge on any atom is 0.262 e. The normalized spacial score (nSPS) is 10.1. The van der Waals surface area contributed by atoms with E-state index in [1.807, 2.05) is 0 Å². The molecule has 0 saturated heterocycles. The minimum Gasteiger partial charge on any atom is -0.497 e. The van der Waals surface area contributed by atoms with Crippen LogP contribution in [0, 0.1) is 0 Å². The first-order valence-electron chi connectivity index (χ1n) is 9.94. The van der Waals surface area contributed by atoms with Gasteiger partial charge in [0.2, 0.25) is 5.91 Å². The molecule has 3 aromatic rings. The van der Waals surface area contributed by atoms with Gasteiger partial charge in [-0.15, -0.1) is 0 Å². The first-order valence-corrected chi connectivity index (χ1v) is 10.7. The number of rotatable bonds is 9. The van der Waals surface area contributed by atoms with Crippen molar-refractivity contribution in [3.63, 3.8) is 0 Å². The highest BCUT2D eigenvalue weighted by Crippen LogP contribution is 2.19. The number of amides is 3. The van der Waals surface area contributed by atoms with Gasteiger partial charge >= 0.3 is 0 Å². The van der Waals surface area contributed by atoms with Crippen LogP contribution in [-0.2, 0) is 9.59 Å². The summed E-state index contributed by atoms with van der Waals surface area (Å²) in [5.74, 6) is -0.345. The Morgan fingerprint density at radius 2 is 1.42 bits per heavy atom. The average molecular weight is 512 g/mol. The second kappa shape index (κ2) is 11.7. The summed E-state index contributed by atoms with van der Waals surface area (Å²) < 4.78 is 11.5. The van der Waals surface area contributed by atoms with E-state index in [1.54, 1.807) is 79.9 Å². The molecule has 0 aromatic heterocycles. The number of benzene rings is 3. The molecule has 0 aliphatic carbocycles. The Morgan fingerprint density at radius 1 is 0.818 bits per heavy atom. The van der Waals surface area contributed by atoms with Crippen molar-refractivity contribution in [2.75, 3.05) is 30.9 Å². The largest absolute Gasteiger partial charge is 0.497 e. The molecule has 0 unspecified atom stereocenters. The van der Waals surface area contributed by atoms with Crippen molar-refractivity contribution in [1.29, 1.82) is 0 Å². The van der Waals surface area contributed by atoms with Crippen molar-refractivity contribution in [2.24, 2.45) is 0 Å². The zero-order chi connectivity index (χ0) is 23.6. The van der Waals surface area contributed by atoms with Crippen LogP contribution in [0.15, 0.2) is 77.3 Å². The van der Waals surface area contributed by atoms with E-state index in [9.17, 15) is 14.4 Å². The molecule has 33 heavy (non-hydrogen) atoms. The predicted molar refractivity (Wildman–Crippen MR) is 129 cm³/mol. The summed E-state index contributed by atoms with van der Waals surface area (Å²) in [7, 11) is 1.56. The Morgan fingerprint density at radius 3 is 2.09 bits per heavy atom. The van der Waals surface area contributed by atoms with E-state index in [4.69, 9.17) is 9.47 Å². The highest BCUT2D eigenvalue weighted by molar-refractivity contribution is 9.10. The van der Waals surface area contributed by atoms with E-state index >= 15 is 0 Å². The first-order chi connectivity index (χ1) is 15.9. The van der Waals surface area contributed by atoms with Gasteiger partial charge in [0.1, 0.15) is 11.5 Å². The van der Waals surface area contributed by atoms with E-state index in [1.165, 1.54) is 0 Å². The third kappa shape index (κ3) is 7.36. The van der Waals surface area contributed by atoms with Gasteiger partial charge in [-0.2, -0.15) is 0 Å². The molecule has 0 atom stereocenters. The minimum absolute atomic E-state index is 0.214. The number of hydrogen-bond acceptors (Lipinski definition) is 5. The Balaban J connectivity index is 1.51. The summed E-state index contributed by atoms with van der Waals surface area (Å²) in [5.41, 5.74) is 1.42. The Kier molecular flexibility index (Phi) is 8.43. The summed E-state index contributed by atoms with van der Waals surface area (Å²) in [5, 5.41) is 7.95. The van der Waals surface area contributed by atoms with Crippen LogP contribution in [0.4, 0.5) is 11.4 Å². The number of ether oxygens (including phenoxy) is 2. The number of anilines is 2. The minimum atomic E-state index is -0.493. The van der Waals surface area contributed by atoms with Crippen LogP contribution in [0.3, 0.4) is 0 Å². The van der Waals surface area contributed by atoms with Crippen LogP contribution in [0.2, 0.25) is 0 Å². The fourth-order valence-electron chi connectivity index (χ4n) is 2.79. The van der Waals surface area contributed by atoms with Gasteiger partial charge in [-0.25, -0.2) is 0 Å². The van der Waals surface area contributed by atoms with E-state index in [0.717, 1.165) is 4.47 Å². The summed E-state index contributed by atoms with van der Waals surface area (Å²) >= 11 is 3.33. The lowest BCUT2D eigenvalue weighted by atomic mass is 10.2. The number of carbonyl (C=O) groups excluding carboxylic acids is 3. The summed E-state index contributed by atoms with van der Waals surface area (Å²) in [4.78, 5) is 36.9. The van der Waals surface area contributed by atoms with Crippen molar-refractivity contribution in [2.45, 2.75) is 0 Å². The summed E-state index contributed by atoms with van der Waals surface area (Å²) in [6.07, 6.45) is 0. The molecule has 0 aliphatic heterocycles. The maximum atomic E-state index is 12.6. The topological polar surface area (TPSA) is 106 Å². The van der Waals surface area contributed by atoms with Crippen LogP contribution in [-0.4, -0.2) is 38.0 Å². The molecular formula is C24H22BrN3O5. The van der Waals surface area contributed by atoms with E-state index in [-0.39, 0.29) is 36.3 Å². The van der Waals surface area contributed by atoms with Crippen molar-refractivity contribution < 1.29 is 23.9 Å². The molecule has 0 heterocycles. The van der Waals surface area contributed by atoms with Gasteiger partial charge in [0, 0.05) is 15.8 Å². The number of carbonyl (C=O) groups is 3. The molecule has 0 saturated carbocycles. The molecule has 0 spiro atoms. The van der Waals surface area contributed by atoms with E-state index in [2.05, 4.69) is 31.9 Å². The molecule has 0 radical (unpaired) electrons. The van der Waals surface area contributed by atoms with Crippen LogP contribution < -0.4 is 25.4 Å². The van der Waals surface area contributed by atoms with Gasteiger partial charge in [0.25, 0.3) is 11.8 Å². The highest BCUT2D eigenvalue weighted by atomic mass is 79.9. The third-order valence-electron chi connectivity index (χ3n) is 4.40. The smallest absolute Gasteiger partial charge is 0.262 e. The number of hydrogen-bond donors (Lipinski definition) is 3. The van der Waals surface area contributed by atoms with Gasteiger partial charge in [-0.05, 0) is 60.7 Å². The maximum absolute atomic E-state index is 12.6. The lowest BCUT2D eigenvalue weighted by molar-refractivity contribution is -0.118. The monoisotopic (exact) mass is 511 g/mol. The van der Waals surface area contributed by atoms with Crippen molar-refractivity contribution in [3.8, 4) is 11.5 Å². The van der Waals surface area contributed by atoms with Crippen molar-refractivity contribution in [1.82, 2.24) is 5.32 Å². The zero-order valence-corrected chi connectivity index (χ0v) is 19.3. The van der Waals surface area contributed by atoms with Crippen LogP contribution in [0.5, 0.6) is 11.5 Å². The molecule has 3 aromatic carbocycles. The van der Waals surface area contributed by atoms with E-state index in [0.29, 0.717) is 17.1 Å². The van der Waals surface area contributed by atoms with Gasteiger partial charge in [-0.3, -0.25) is 14.4 Å². The van der Waals surface area contributed by atoms with Gasteiger partial charge in [0.15, 0.2) is 6.61 Å². The molecule has 3 rings (SSSR count). The number of para-hydroxylation sites is 1. The molecule has 9 heteroatoms. The molecule has 3 N–H and O–H groups in total. The van der Waals surface area contributed by atoms with Crippen LogP contribution in [0.25, 0.3) is 0 Å². The SMILES string of the molecule is COc1ccc(NC(=O)COc2ccccc2C(=O)NCC(=O)Nc2ccc(Br)cc2)cc1. The number of methoxy groups -OCH3 is 1. The molecule has 170 valence electrons. The lowest BCUT2D eigenvalue weighted by Gasteiger charge is -2.12. The standard InChI is InChI=1S/C24H22BrN3O5/c1-32-19-12-10-18(11-13-19)28-23(30)15-33-21-5-3-2-4-20(21)24(31)26-14-22(29)27-17-8-6-16(25)7-9-17/h2-13H,14-15H2,1H3,(H,26,31)(H,27,29)(H,28,30). The summed E-state index contributed by atoms with van der Waals surface area (Å²) in [6.45, 7) is -0.512. The molecular weight excluding hydrogens is 490 g/mol. The van der Waals surface area contributed by atoms with E-state index < -0.39 is 5.91 Å². The zero-order valence-electron chi connectivity index (χ0n) is 17.8. The molecule has 0 aliphatic rings. The van der Waals surface area contributed by atoms with Gasteiger partial charge < -0.3 is 25.4 Å². The van der Waals surface area contributed by atoms with Crippen molar-refractivity contribution >= 4 is 45.0 Å². The number of nitrogens with one attached hydrogen (secondary N) is 3. The Hall–Kier alpha value is -3.85. The molecule has 0 bridgehead atoms. The fraction of sp³-hybridized carbons (Fsp3) is 0.125. The van der Waals surface area contributed by atoms with Gasteiger partial charge in [-0.1, -0.05) is 28.1 Å². The molecule has 8 nitrogen and oxygen atoms in total. The first kappa shape index (κ1) is 23.8. The highest BCUT2D eigenvalue weighted by Gasteiger charge is 2.14. The molecule has 3 amide bonds. The van der Waals surface area contributed by atoms with Crippen molar-refractivity contribution in [3.05, 3.63) is 82.8 Å². The fourth-order valence-corrected chi connectivity index (χ4v) is 3.05. The van der Waals surface area contributed by atoms with Crippen LogP contribution >= 0.6 is 15.9 Å². The lowest BCUT2D eigenvalue weighted by Crippen LogP contribution is -2.33. The second-order valence-corrected chi connectivity index (χ2v) is 7.71. The predicted octanol–water partition coefficient (Wildman–Crippen LogP) is 3.84. The third-order valence-corrected chi connectivity index (χ3v) is 4.93. The second-order valence-electron chi connectivity index (χ2n) is 6.80. The Labute approximate surface area is 199 Å². The summed E-state index contributed by atoms with van der Waals surface area (Å²) in [6, 6.07) is 20.4.